The second-order valence-corrected chi connectivity index (χ2v) is 6.15. The molecule has 0 saturated carbocycles. The minimum Gasteiger partial charge on any atom is -0.369 e. The predicted octanol–water partition coefficient (Wildman–Crippen LogP) is 3.08. The van der Waals surface area contributed by atoms with Crippen molar-refractivity contribution >= 4 is 23.4 Å². The number of carbonyl (C=O) groups is 2. The highest BCUT2D eigenvalue weighted by Crippen LogP contribution is 2.33. The van der Waals surface area contributed by atoms with E-state index >= 15 is 0 Å². The Morgan fingerprint density at radius 2 is 1.91 bits per heavy atom. The number of alkyl halides is 3. The van der Waals surface area contributed by atoms with Crippen molar-refractivity contribution in [3.05, 3.63) is 34.3 Å². The minimum atomic E-state index is -4.59. The number of likely N-dealkylation sites (tertiary alicyclic amines) is 1. The smallest absolute Gasteiger partial charge is 0.369 e. The maximum absolute atomic E-state index is 12.9. The molecule has 0 aliphatic carbocycles. The zero-order chi connectivity index (χ0) is 17.4. The van der Waals surface area contributed by atoms with Gasteiger partial charge in [-0.15, -0.1) is 0 Å². The maximum atomic E-state index is 12.9. The molecule has 126 valence electrons. The molecule has 0 aromatic heterocycles. The Hall–Kier alpha value is -1.76. The van der Waals surface area contributed by atoms with Gasteiger partial charge in [-0.1, -0.05) is 11.6 Å². The van der Waals surface area contributed by atoms with Crippen LogP contribution in [0.5, 0.6) is 0 Å². The normalized spacial score (nSPS) is 22.0. The first-order valence-electron chi connectivity index (χ1n) is 7.07. The van der Waals surface area contributed by atoms with E-state index in [1.165, 1.54) is 11.0 Å². The number of amides is 2. The van der Waals surface area contributed by atoms with Crippen molar-refractivity contribution in [3.63, 3.8) is 0 Å². The van der Waals surface area contributed by atoms with E-state index in [-0.39, 0.29) is 23.2 Å². The molecule has 4 nitrogen and oxygen atoms in total. The van der Waals surface area contributed by atoms with E-state index in [1.54, 1.807) is 6.92 Å². The Bertz CT molecular complexity index is 634. The molecule has 23 heavy (non-hydrogen) atoms. The molecule has 0 spiro atoms. The molecule has 2 amide bonds. The fourth-order valence-corrected chi connectivity index (χ4v) is 2.90. The highest BCUT2D eigenvalue weighted by Gasteiger charge is 2.35. The summed E-state index contributed by atoms with van der Waals surface area (Å²) in [7, 11) is 0. The third-order valence-electron chi connectivity index (χ3n) is 4.02. The molecule has 0 bridgehead atoms. The third-order valence-corrected chi connectivity index (χ3v) is 4.24. The quantitative estimate of drug-likeness (QED) is 0.892. The van der Waals surface area contributed by atoms with Crippen LogP contribution in [0.2, 0.25) is 5.02 Å². The largest absolute Gasteiger partial charge is 0.416 e. The van der Waals surface area contributed by atoms with E-state index in [0.717, 1.165) is 12.1 Å². The summed E-state index contributed by atoms with van der Waals surface area (Å²) >= 11 is 5.71. The van der Waals surface area contributed by atoms with E-state index < -0.39 is 29.5 Å². The average Bonchev–Trinajstić information content (AvgIpc) is 2.45. The summed E-state index contributed by atoms with van der Waals surface area (Å²) in [6, 6.07) is 2.55. The van der Waals surface area contributed by atoms with Crippen molar-refractivity contribution in [2.45, 2.75) is 32.0 Å². The summed E-state index contributed by atoms with van der Waals surface area (Å²) in [5.74, 6) is -1.59. The first kappa shape index (κ1) is 17.6. The lowest BCUT2D eigenvalue weighted by atomic mass is 9.92. The van der Waals surface area contributed by atoms with Gasteiger partial charge in [0, 0.05) is 23.2 Å². The summed E-state index contributed by atoms with van der Waals surface area (Å²) in [6.07, 6.45) is -3.47. The molecule has 2 N–H and O–H groups in total. The van der Waals surface area contributed by atoms with Gasteiger partial charge in [-0.2, -0.15) is 13.2 Å². The minimum absolute atomic E-state index is 0.100. The van der Waals surface area contributed by atoms with Crippen molar-refractivity contribution in [3.8, 4) is 0 Å². The van der Waals surface area contributed by atoms with Gasteiger partial charge in [-0.3, -0.25) is 9.59 Å². The lowest BCUT2D eigenvalue weighted by Crippen LogP contribution is -2.48. The lowest BCUT2D eigenvalue weighted by Gasteiger charge is -2.37. The SMILES string of the molecule is CC1CCC(C(N)=O)CN1C(=O)c1cc(Cl)cc(C(F)(F)F)c1. The van der Waals surface area contributed by atoms with Crippen molar-refractivity contribution in [2.24, 2.45) is 11.7 Å². The van der Waals surface area contributed by atoms with Crippen LogP contribution in [0.3, 0.4) is 0 Å². The van der Waals surface area contributed by atoms with E-state index in [4.69, 9.17) is 17.3 Å². The Labute approximate surface area is 136 Å². The first-order valence-corrected chi connectivity index (χ1v) is 7.45. The fraction of sp³-hybridized carbons (Fsp3) is 0.467. The van der Waals surface area contributed by atoms with Gasteiger partial charge >= 0.3 is 6.18 Å². The van der Waals surface area contributed by atoms with Crippen LogP contribution in [0.25, 0.3) is 0 Å². The van der Waals surface area contributed by atoms with Crippen LogP contribution >= 0.6 is 11.6 Å². The molecule has 1 heterocycles. The summed E-state index contributed by atoms with van der Waals surface area (Å²) in [5, 5.41) is -0.167. The highest BCUT2D eigenvalue weighted by molar-refractivity contribution is 6.31. The summed E-state index contributed by atoms with van der Waals surface area (Å²) in [4.78, 5) is 25.3. The van der Waals surface area contributed by atoms with Crippen LogP contribution < -0.4 is 5.73 Å². The van der Waals surface area contributed by atoms with Crippen LogP contribution in [0.15, 0.2) is 18.2 Å². The van der Waals surface area contributed by atoms with Crippen LogP contribution in [-0.2, 0) is 11.0 Å². The highest BCUT2D eigenvalue weighted by atomic mass is 35.5. The molecule has 8 heteroatoms. The van der Waals surface area contributed by atoms with E-state index in [9.17, 15) is 22.8 Å². The van der Waals surface area contributed by atoms with Gasteiger partial charge in [-0.25, -0.2) is 0 Å². The van der Waals surface area contributed by atoms with Gasteiger partial charge in [0.15, 0.2) is 0 Å². The molecule has 1 aliphatic rings. The van der Waals surface area contributed by atoms with Gasteiger partial charge in [-0.05, 0) is 38.0 Å². The molecule has 2 rings (SSSR count). The monoisotopic (exact) mass is 348 g/mol. The number of rotatable bonds is 2. The average molecular weight is 349 g/mol. The number of nitrogens with zero attached hydrogens (tertiary/aromatic N) is 1. The topological polar surface area (TPSA) is 63.4 Å². The number of benzene rings is 1. The molecule has 2 unspecified atom stereocenters. The first-order chi connectivity index (χ1) is 10.6. The van der Waals surface area contributed by atoms with E-state index in [0.29, 0.717) is 12.8 Å². The Morgan fingerprint density at radius 1 is 1.26 bits per heavy atom. The molecule has 2 atom stereocenters. The van der Waals surface area contributed by atoms with Crippen LogP contribution in [0.4, 0.5) is 13.2 Å². The zero-order valence-corrected chi connectivity index (χ0v) is 13.1. The third kappa shape index (κ3) is 3.96. The Kier molecular flexibility index (Phi) is 4.89. The maximum Gasteiger partial charge on any atom is 0.416 e. The summed E-state index contributed by atoms with van der Waals surface area (Å²) in [6.45, 7) is 1.88. The van der Waals surface area contributed by atoms with Crippen molar-refractivity contribution < 1.29 is 22.8 Å². The number of piperidine rings is 1. The van der Waals surface area contributed by atoms with Gasteiger partial charge in [0.2, 0.25) is 5.91 Å². The molecule has 1 aromatic carbocycles. The van der Waals surface area contributed by atoms with E-state index in [1.807, 2.05) is 0 Å². The van der Waals surface area contributed by atoms with Crippen molar-refractivity contribution in [1.82, 2.24) is 4.90 Å². The number of primary amides is 1. The molecule has 1 fully saturated rings. The van der Waals surface area contributed by atoms with Crippen LogP contribution in [0.1, 0.15) is 35.7 Å². The molecule has 0 radical (unpaired) electrons. The second-order valence-electron chi connectivity index (χ2n) is 5.71. The molecule has 1 aliphatic heterocycles. The molecule has 1 aromatic rings. The Balaban J connectivity index is 2.32. The lowest BCUT2D eigenvalue weighted by molar-refractivity contribution is -0.137. The summed E-state index contributed by atoms with van der Waals surface area (Å²) in [5.41, 5.74) is 4.14. The second kappa shape index (κ2) is 6.39. The number of hydrogen-bond acceptors (Lipinski definition) is 2. The summed E-state index contributed by atoms with van der Waals surface area (Å²) < 4.78 is 38.6. The molecular weight excluding hydrogens is 333 g/mol. The number of hydrogen-bond donors (Lipinski definition) is 1. The van der Waals surface area contributed by atoms with Gasteiger partial charge in [0.25, 0.3) is 5.91 Å². The van der Waals surface area contributed by atoms with Crippen molar-refractivity contribution in [1.29, 1.82) is 0 Å². The zero-order valence-electron chi connectivity index (χ0n) is 12.4. The van der Waals surface area contributed by atoms with Crippen molar-refractivity contribution in [2.75, 3.05) is 6.54 Å². The Morgan fingerprint density at radius 3 is 2.48 bits per heavy atom. The van der Waals surface area contributed by atoms with E-state index in [2.05, 4.69) is 0 Å². The fourth-order valence-electron chi connectivity index (χ4n) is 2.66. The van der Waals surface area contributed by atoms with Gasteiger partial charge < -0.3 is 10.6 Å². The standard InChI is InChI=1S/C15H16ClF3N2O2/c1-8-2-3-9(13(20)22)7-21(8)14(23)10-4-11(15(17,18)19)6-12(16)5-10/h4-6,8-9H,2-3,7H2,1H3,(H2,20,22). The molecular formula is C15H16ClF3N2O2. The van der Waals surface area contributed by atoms with Crippen LogP contribution in [0, 0.1) is 5.92 Å². The number of halogens is 4. The van der Waals surface area contributed by atoms with Gasteiger partial charge in [0.05, 0.1) is 11.5 Å². The number of nitrogens with two attached hydrogens (primary N) is 1. The van der Waals surface area contributed by atoms with Gasteiger partial charge in [0.1, 0.15) is 0 Å². The molecule has 1 saturated heterocycles. The predicted molar refractivity (Wildman–Crippen MR) is 78.9 cm³/mol. The van der Waals surface area contributed by atoms with Crippen LogP contribution in [-0.4, -0.2) is 29.3 Å². The number of carbonyl (C=O) groups excluding carboxylic acids is 2.